The third-order valence-electron chi connectivity index (χ3n) is 4.00. The maximum Gasteiger partial charge on any atom is 0.309 e. The van der Waals surface area contributed by atoms with E-state index in [2.05, 4.69) is 0 Å². The van der Waals surface area contributed by atoms with E-state index in [0.29, 0.717) is 12.8 Å². The third kappa shape index (κ3) is 1.98. The molecule has 2 atom stereocenters. The van der Waals surface area contributed by atoms with Crippen molar-refractivity contribution in [2.75, 3.05) is 0 Å². The molecule has 0 amide bonds. The normalized spacial score (nSPS) is 33.1. The van der Waals surface area contributed by atoms with Gasteiger partial charge in [-0.15, -0.1) is 0 Å². The molecule has 91 valence electrons. The number of carboxylic acids is 2. The van der Waals surface area contributed by atoms with Crippen LogP contribution >= 0.6 is 0 Å². The first-order chi connectivity index (χ1) is 6.23. The van der Waals surface area contributed by atoms with Crippen LogP contribution in [-0.4, -0.2) is 22.2 Å². The fourth-order valence-electron chi connectivity index (χ4n) is 2.32. The topological polar surface area (TPSA) is 74.6 Å². The smallest absolute Gasteiger partial charge is 0.309 e. The molecule has 4 nitrogen and oxygen atoms in total. The Morgan fingerprint density at radius 1 is 1.20 bits per heavy atom. The van der Waals surface area contributed by atoms with E-state index >= 15 is 0 Å². The molecule has 0 heterocycles. The summed E-state index contributed by atoms with van der Waals surface area (Å²) in [6.45, 7) is 5.10. The molecule has 0 unspecified atom stereocenters. The Hall–Kier alpha value is -0.320. The van der Waals surface area contributed by atoms with Crippen LogP contribution in [0, 0.1) is 16.7 Å². The van der Waals surface area contributed by atoms with Crippen molar-refractivity contribution >= 4 is 11.9 Å². The monoisotopic (exact) mass is 307 g/mol. The van der Waals surface area contributed by atoms with Crippen LogP contribution in [0.5, 0.6) is 0 Å². The fourth-order valence-corrected chi connectivity index (χ4v) is 2.32. The van der Waals surface area contributed by atoms with Crippen LogP contribution in [0.2, 0.25) is 0 Å². The average Bonchev–Trinajstić information content (AvgIpc) is 2.24. The Kier molecular flexibility index (Phi) is 4.19. The Balaban J connectivity index is 0.00000196. The molecule has 0 aliphatic heterocycles. The zero-order chi connectivity index (χ0) is 11.1. The molecule has 5 heteroatoms. The third-order valence-corrected chi connectivity index (χ3v) is 4.00. The van der Waals surface area contributed by atoms with Crippen LogP contribution in [0.4, 0.5) is 0 Å². The molecule has 1 aliphatic carbocycles. The van der Waals surface area contributed by atoms with E-state index in [4.69, 9.17) is 10.2 Å². The van der Waals surface area contributed by atoms with Crippen LogP contribution in [0.25, 0.3) is 0 Å². The fraction of sp³-hybridized carbons (Fsp3) is 0.800. The molecule has 0 bridgehead atoms. The van der Waals surface area contributed by atoms with Crippen LogP contribution < -0.4 is 0 Å². The van der Waals surface area contributed by atoms with Crippen molar-refractivity contribution in [1.29, 1.82) is 0 Å². The summed E-state index contributed by atoms with van der Waals surface area (Å²) in [5.74, 6) is -2.34. The van der Waals surface area contributed by atoms with Gasteiger partial charge in [0.25, 0.3) is 0 Å². The van der Waals surface area contributed by atoms with E-state index in [1.807, 2.05) is 0 Å². The van der Waals surface area contributed by atoms with E-state index in [0.717, 1.165) is 0 Å². The zero-order valence-electron chi connectivity index (χ0n) is 9.00. The molecule has 1 radical (unpaired) electrons. The first kappa shape index (κ1) is 14.7. The summed E-state index contributed by atoms with van der Waals surface area (Å²) >= 11 is 0. The van der Waals surface area contributed by atoms with Gasteiger partial charge in [0.2, 0.25) is 0 Å². The summed E-state index contributed by atoms with van der Waals surface area (Å²) in [5.41, 5.74) is -1.61. The van der Waals surface area contributed by atoms with Gasteiger partial charge in [0.1, 0.15) is 0 Å². The van der Waals surface area contributed by atoms with Crippen molar-refractivity contribution in [3.05, 3.63) is 0 Å². The maximum atomic E-state index is 11.1. The molecule has 0 spiro atoms. The second kappa shape index (κ2) is 4.28. The number of hydrogen-bond acceptors (Lipinski definition) is 2. The average molecular weight is 308 g/mol. The summed E-state index contributed by atoms with van der Waals surface area (Å²) in [4.78, 5) is 22.0. The Labute approximate surface area is 105 Å². The van der Waals surface area contributed by atoms with Gasteiger partial charge in [-0.05, 0) is 25.2 Å². The van der Waals surface area contributed by atoms with Crippen LogP contribution in [0.15, 0.2) is 0 Å². The van der Waals surface area contributed by atoms with Crippen molar-refractivity contribution in [1.82, 2.24) is 0 Å². The van der Waals surface area contributed by atoms with Gasteiger partial charge in [-0.1, -0.05) is 13.8 Å². The SMILES string of the molecule is CC1(C)[C@H](C(=O)O)CC[C@]1(C)C(=O)O.[Ag]. The van der Waals surface area contributed by atoms with Crippen molar-refractivity contribution in [3.8, 4) is 0 Å². The summed E-state index contributed by atoms with van der Waals surface area (Å²) in [5, 5.41) is 18.1. The van der Waals surface area contributed by atoms with Crippen molar-refractivity contribution < 1.29 is 42.2 Å². The summed E-state index contributed by atoms with van der Waals surface area (Å²) < 4.78 is 0. The number of rotatable bonds is 2. The summed E-state index contributed by atoms with van der Waals surface area (Å²) in [6.07, 6.45) is 0.886. The molecule has 0 aromatic heterocycles. The summed E-state index contributed by atoms with van der Waals surface area (Å²) in [7, 11) is 0. The van der Waals surface area contributed by atoms with E-state index in [9.17, 15) is 9.59 Å². The van der Waals surface area contributed by atoms with Gasteiger partial charge in [-0.25, -0.2) is 0 Å². The number of carboxylic acid groups (broad SMARTS) is 2. The van der Waals surface area contributed by atoms with Gasteiger partial charge in [0.15, 0.2) is 0 Å². The van der Waals surface area contributed by atoms with E-state index in [1.54, 1.807) is 20.8 Å². The minimum atomic E-state index is -0.921. The number of aliphatic carboxylic acids is 2. The minimum absolute atomic E-state index is 0. The molecule has 1 aliphatic rings. The molecular formula is C10H16AgO4. The predicted octanol–water partition coefficient (Wildman–Crippen LogP) is 1.60. The van der Waals surface area contributed by atoms with Crippen LogP contribution in [0.1, 0.15) is 33.6 Å². The van der Waals surface area contributed by atoms with E-state index in [-0.39, 0.29) is 22.4 Å². The van der Waals surface area contributed by atoms with Gasteiger partial charge in [-0.2, -0.15) is 0 Å². The molecule has 0 aromatic carbocycles. The Morgan fingerprint density at radius 3 is 1.87 bits per heavy atom. The molecule has 1 saturated carbocycles. The van der Waals surface area contributed by atoms with Gasteiger partial charge in [0.05, 0.1) is 11.3 Å². The van der Waals surface area contributed by atoms with Crippen LogP contribution in [-0.2, 0) is 32.0 Å². The van der Waals surface area contributed by atoms with Gasteiger partial charge in [-0.3, -0.25) is 9.59 Å². The first-order valence-corrected chi connectivity index (χ1v) is 4.69. The molecule has 1 rings (SSSR count). The molecule has 1 fully saturated rings. The quantitative estimate of drug-likeness (QED) is 0.760. The largest absolute Gasteiger partial charge is 0.481 e. The minimum Gasteiger partial charge on any atom is -0.481 e. The van der Waals surface area contributed by atoms with Crippen molar-refractivity contribution in [2.24, 2.45) is 16.7 Å². The standard InChI is InChI=1S/C10H16O4.Ag/c1-9(2)6(7(11)12)4-5-10(9,3)8(13)14;/h6H,4-5H2,1-3H3,(H,11,12)(H,13,14);/t6-,10+;/m0./s1. The summed E-state index contributed by atoms with van der Waals surface area (Å²) in [6, 6.07) is 0. The molecular weight excluding hydrogens is 292 g/mol. The number of hydrogen-bond donors (Lipinski definition) is 2. The number of carbonyl (C=O) groups is 2. The van der Waals surface area contributed by atoms with Gasteiger partial charge in [0, 0.05) is 22.4 Å². The van der Waals surface area contributed by atoms with E-state index in [1.165, 1.54) is 0 Å². The maximum absolute atomic E-state index is 11.1. The molecule has 0 aromatic rings. The van der Waals surface area contributed by atoms with Crippen molar-refractivity contribution in [2.45, 2.75) is 33.6 Å². The zero-order valence-corrected chi connectivity index (χ0v) is 10.5. The molecule has 0 saturated heterocycles. The first-order valence-electron chi connectivity index (χ1n) is 4.69. The Bertz CT molecular complexity index is 287. The Morgan fingerprint density at radius 2 is 1.67 bits per heavy atom. The van der Waals surface area contributed by atoms with Crippen LogP contribution in [0.3, 0.4) is 0 Å². The van der Waals surface area contributed by atoms with Crippen molar-refractivity contribution in [3.63, 3.8) is 0 Å². The van der Waals surface area contributed by atoms with E-state index < -0.39 is 28.7 Å². The molecule has 2 N–H and O–H groups in total. The molecule has 15 heavy (non-hydrogen) atoms. The van der Waals surface area contributed by atoms with Gasteiger partial charge >= 0.3 is 11.9 Å². The second-order valence-electron chi connectivity index (χ2n) is 4.79. The van der Waals surface area contributed by atoms with Gasteiger partial charge < -0.3 is 10.2 Å². The second-order valence-corrected chi connectivity index (χ2v) is 4.79. The predicted molar refractivity (Wildman–Crippen MR) is 49.9 cm³/mol.